The SMILES string of the molecule is COCCN(C)CCC1CCCC1(N)CO. The zero-order valence-electron chi connectivity index (χ0n) is 10.6. The number of methoxy groups -OCH3 is 1. The molecule has 0 saturated heterocycles. The van der Waals surface area contributed by atoms with Crippen molar-refractivity contribution in [2.75, 3.05) is 40.5 Å². The Balaban J connectivity index is 2.26. The number of nitrogens with two attached hydrogens (primary N) is 1. The Bertz CT molecular complexity index is 201. The Kier molecular flexibility index (Phi) is 5.69. The fraction of sp³-hybridized carbons (Fsp3) is 1.00. The number of hydrogen-bond donors (Lipinski definition) is 2. The first kappa shape index (κ1) is 13.9. The van der Waals surface area contributed by atoms with Gasteiger partial charge in [-0.3, -0.25) is 0 Å². The van der Waals surface area contributed by atoms with E-state index in [-0.39, 0.29) is 12.1 Å². The highest BCUT2D eigenvalue weighted by atomic mass is 16.5. The third-order valence-electron chi connectivity index (χ3n) is 3.84. The highest BCUT2D eigenvalue weighted by Crippen LogP contribution is 2.35. The number of rotatable bonds is 7. The summed E-state index contributed by atoms with van der Waals surface area (Å²) in [4.78, 5) is 2.26. The standard InChI is InChI=1S/C12H26N2O2/c1-14(8-9-16-2)7-5-11-4-3-6-12(11,13)10-15/h11,15H,3-10,13H2,1-2H3. The van der Waals surface area contributed by atoms with Crippen molar-refractivity contribution in [3.63, 3.8) is 0 Å². The van der Waals surface area contributed by atoms with Crippen LogP contribution in [0.4, 0.5) is 0 Å². The topological polar surface area (TPSA) is 58.7 Å². The summed E-state index contributed by atoms with van der Waals surface area (Å²) < 4.78 is 5.04. The average molecular weight is 230 g/mol. The van der Waals surface area contributed by atoms with E-state index < -0.39 is 0 Å². The van der Waals surface area contributed by atoms with Gasteiger partial charge in [0.05, 0.1) is 13.2 Å². The van der Waals surface area contributed by atoms with Crippen molar-refractivity contribution in [1.82, 2.24) is 4.90 Å². The van der Waals surface area contributed by atoms with Crippen LogP contribution in [0, 0.1) is 5.92 Å². The van der Waals surface area contributed by atoms with Gasteiger partial charge < -0.3 is 20.5 Å². The predicted octanol–water partition coefficient (Wildman–Crippen LogP) is 0.445. The molecule has 0 aromatic heterocycles. The second-order valence-corrected chi connectivity index (χ2v) is 5.07. The Hall–Kier alpha value is -0.160. The van der Waals surface area contributed by atoms with Crippen molar-refractivity contribution in [2.45, 2.75) is 31.2 Å². The lowest BCUT2D eigenvalue weighted by molar-refractivity contribution is 0.134. The van der Waals surface area contributed by atoms with Gasteiger partial charge in [-0.1, -0.05) is 6.42 Å². The molecule has 0 spiro atoms. The zero-order valence-corrected chi connectivity index (χ0v) is 10.6. The molecule has 1 aliphatic carbocycles. The summed E-state index contributed by atoms with van der Waals surface area (Å²) in [6.45, 7) is 2.89. The minimum absolute atomic E-state index is 0.124. The Labute approximate surface area is 98.8 Å². The van der Waals surface area contributed by atoms with E-state index in [0.29, 0.717) is 5.92 Å². The van der Waals surface area contributed by atoms with E-state index in [1.165, 1.54) is 0 Å². The molecule has 0 aromatic rings. The molecule has 1 aliphatic rings. The first-order valence-electron chi connectivity index (χ1n) is 6.19. The maximum atomic E-state index is 9.34. The molecule has 2 atom stereocenters. The normalized spacial score (nSPS) is 30.2. The Morgan fingerprint density at radius 2 is 2.25 bits per heavy atom. The Morgan fingerprint density at radius 1 is 1.50 bits per heavy atom. The lowest BCUT2D eigenvalue weighted by Gasteiger charge is -2.30. The molecule has 1 rings (SSSR count). The quantitative estimate of drug-likeness (QED) is 0.666. The molecule has 0 amide bonds. The molecule has 2 unspecified atom stereocenters. The van der Waals surface area contributed by atoms with Crippen molar-refractivity contribution < 1.29 is 9.84 Å². The van der Waals surface area contributed by atoms with Crippen LogP contribution in [-0.2, 0) is 4.74 Å². The zero-order chi connectivity index (χ0) is 12.0. The van der Waals surface area contributed by atoms with Gasteiger partial charge in [0, 0.05) is 19.2 Å². The van der Waals surface area contributed by atoms with Crippen molar-refractivity contribution in [2.24, 2.45) is 11.7 Å². The fourth-order valence-electron chi connectivity index (χ4n) is 2.54. The second kappa shape index (κ2) is 6.55. The molecule has 96 valence electrons. The number of ether oxygens (including phenoxy) is 1. The molecule has 1 saturated carbocycles. The molecular formula is C12H26N2O2. The molecule has 0 aromatic carbocycles. The molecule has 3 N–H and O–H groups in total. The van der Waals surface area contributed by atoms with Gasteiger partial charge in [0.25, 0.3) is 0 Å². The van der Waals surface area contributed by atoms with Crippen molar-refractivity contribution in [3.05, 3.63) is 0 Å². The summed E-state index contributed by atoms with van der Waals surface area (Å²) in [5.41, 5.74) is 5.88. The summed E-state index contributed by atoms with van der Waals surface area (Å²) >= 11 is 0. The van der Waals surface area contributed by atoms with Gasteiger partial charge >= 0.3 is 0 Å². The second-order valence-electron chi connectivity index (χ2n) is 5.07. The van der Waals surface area contributed by atoms with E-state index in [1.807, 2.05) is 0 Å². The molecule has 0 heterocycles. The number of aliphatic hydroxyl groups is 1. The number of nitrogens with zero attached hydrogens (tertiary/aromatic N) is 1. The van der Waals surface area contributed by atoms with Crippen molar-refractivity contribution >= 4 is 0 Å². The summed E-state index contributed by atoms with van der Waals surface area (Å²) in [5, 5.41) is 9.34. The molecule has 0 radical (unpaired) electrons. The average Bonchev–Trinajstić information content (AvgIpc) is 2.66. The lowest BCUT2D eigenvalue weighted by atomic mass is 9.86. The predicted molar refractivity (Wildman–Crippen MR) is 65.3 cm³/mol. The minimum Gasteiger partial charge on any atom is -0.394 e. The third kappa shape index (κ3) is 3.70. The van der Waals surface area contributed by atoms with E-state index in [4.69, 9.17) is 10.5 Å². The summed E-state index contributed by atoms with van der Waals surface area (Å²) in [5.74, 6) is 0.475. The van der Waals surface area contributed by atoms with Crippen LogP contribution in [-0.4, -0.2) is 56.0 Å². The summed E-state index contributed by atoms with van der Waals surface area (Å²) in [7, 11) is 3.83. The first-order chi connectivity index (χ1) is 7.62. The van der Waals surface area contributed by atoms with Gasteiger partial charge in [-0.2, -0.15) is 0 Å². The summed E-state index contributed by atoms with van der Waals surface area (Å²) in [6, 6.07) is 0. The number of hydrogen-bond acceptors (Lipinski definition) is 4. The van der Waals surface area contributed by atoms with E-state index >= 15 is 0 Å². The van der Waals surface area contributed by atoms with Gasteiger partial charge in [0.15, 0.2) is 0 Å². The van der Waals surface area contributed by atoms with Gasteiger partial charge in [-0.25, -0.2) is 0 Å². The van der Waals surface area contributed by atoms with Crippen LogP contribution < -0.4 is 5.73 Å². The van der Waals surface area contributed by atoms with Gasteiger partial charge in [0.2, 0.25) is 0 Å². The molecule has 4 heteroatoms. The number of likely N-dealkylation sites (N-methyl/N-ethyl adjacent to an activating group) is 1. The molecule has 1 fully saturated rings. The molecule has 4 nitrogen and oxygen atoms in total. The van der Waals surface area contributed by atoms with E-state index in [2.05, 4.69) is 11.9 Å². The van der Waals surface area contributed by atoms with Crippen LogP contribution in [0.1, 0.15) is 25.7 Å². The molecule has 0 aliphatic heterocycles. The van der Waals surface area contributed by atoms with Crippen LogP contribution in [0.3, 0.4) is 0 Å². The van der Waals surface area contributed by atoms with Gasteiger partial charge in [-0.05, 0) is 38.8 Å². The van der Waals surface area contributed by atoms with Crippen LogP contribution in [0.15, 0.2) is 0 Å². The monoisotopic (exact) mass is 230 g/mol. The molecule has 0 bridgehead atoms. The first-order valence-corrected chi connectivity index (χ1v) is 6.19. The van der Waals surface area contributed by atoms with E-state index in [1.54, 1.807) is 7.11 Å². The highest BCUT2D eigenvalue weighted by Gasteiger charge is 2.38. The lowest BCUT2D eigenvalue weighted by Crippen LogP contribution is -2.47. The van der Waals surface area contributed by atoms with Crippen LogP contribution in [0.2, 0.25) is 0 Å². The molecular weight excluding hydrogens is 204 g/mol. The van der Waals surface area contributed by atoms with Gasteiger partial charge in [0.1, 0.15) is 0 Å². The fourth-order valence-corrected chi connectivity index (χ4v) is 2.54. The van der Waals surface area contributed by atoms with Crippen LogP contribution >= 0.6 is 0 Å². The maximum Gasteiger partial charge on any atom is 0.0613 e. The molecule has 16 heavy (non-hydrogen) atoms. The van der Waals surface area contributed by atoms with Crippen LogP contribution in [0.5, 0.6) is 0 Å². The number of aliphatic hydroxyl groups excluding tert-OH is 1. The highest BCUT2D eigenvalue weighted by molar-refractivity contribution is 4.96. The smallest absolute Gasteiger partial charge is 0.0613 e. The van der Waals surface area contributed by atoms with Crippen molar-refractivity contribution in [1.29, 1.82) is 0 Å². The maximum absolute atomic E-state index is 9.34. The van der Waals surface area contributed by atoms with Gasteiger partial charge in [-0.15, -0.1) is 0 Å². The van der Waals surface area contributed by atoms with E-state index in [9.17, 15) is 5.11 Å². The Morgan fingerprint density at radius 3 is 2.88 bits per heavy atom. The minimum atomic E-state index is -0.317. The largest absolute Gasteiger partial charge is 0.394 e. The van der Waals surface area contributed by atoms with Crippen LogP contribution in [0.25, 0.3) is 0 Å². The van der Waals surface area contributed by atoms with Crippen molar-refractivity contribution in [3.8, 4) is 0 Å². The summed E-state index contributed by atoms with van der Waals surface area (Å²) in [6.07, 6.45) is 4.37. The van der Waals surface area contributed by atoms with E-state index in [0.717, 1.165) is 45.4 Å². The third-order valence-corrected chi connectivity index (χ3v) is 3.84.